The third-order valence-corrected chi connectivity index (χ3v) is 19.7. The Bertz CT molecular complexity index is 1980. The summed E-state index contributed by atoms with van der Waals surface area (Å²) < 4.78 is 47.9. The van der Waals surface area contributed by atoms with Gasteiger partial charge in [0.05, 0.1) is 31.0 Å². The molecule has 18 N–H and O–H groups in total. The summed E-state index contributed by atoms with van der Waals surface area (Å²) in [5.74, 6) is 3.06. The predicted molar refractivity (Wildman–Crippen MR) is 274 cm³/mol. The van der Waals surface area contributed by atoms with Crippen LogP contribution < -0.4 is 34.4 Å². The first kappa shape index (κ1) is 60.1. The van der Waals surface area contributed by atoms with Crippen molar-refractivity contribution < 1.29 is 78.1 Å². The molecule has 0 radical (unpaired) electrons. The molecule has 3 aliphatic heterocycles. The van der Waals surface area contributed by atoms with Crippen LogP contribution in [0, 0.1) is 46.3 Å². The first-order chi connectivity index (χ1) is 36.0. The van der Waals surface area contributed by atoms with E-state index in [0.29, 0.717) is 23.7 Å². The van der Waals surface area contributed by atoms with Crippen LogP contribution in [0.15, 0.2) is 11.6 Å². The maximum Gasteiger partial charge on any atom is 0.306 e. The Morgan fingerprint density at radius 3 is 1.91 bits per heavy atom. The molecule has 0 aromatic rings. The summed E-state index contributed by atoms with van der Waals surface area (Å²) in [4.78, 5) is 26.7. The molecular weight excluding hydrogens is 989 g/mol. The Balaban J connectivity index is 0.874. The molecule has 0 spiro atoms. The summed E-state index contributed by atoms with van der Waals surface area (Å²) >= 11 is 0. The van der Waals surface area contributed by atoms with Crippen LogP contribution in [0.3, 0.4) is 0 Å². The first-order valence-electron chi connectivity index (χ1n) is 28.5. The average molecular weight is 1080 g/mol. The fraction of sp³-hybridized carbons (Fsp3) is 0.926. The van der Waals surface area contributed by atoms with Gasteiger partial charge >= 0.3 is 11.9 Å². The monoisotopic (exact) mass is 1080 g/mol. The lowest BCUT2D eigenvalue weighted by Crippen LogP contribution is -2.68. The van der Waals surface area contributed by atoms with Gasteiger partial charge in [-0.1, -0.05) is 65.5 Å². The number of hydrogen-bond acceptors (Lipinski definition) is 22. The summed E-state index contributed by atoms with van der Waals surface area (Å²) in [6, 6.07) is -4.50. The molecule has 0 bridgehead atoms. The molecule has 22 nitrogen and oxygen atoms in total. The zero-order valence-corrected chi connectivity index (χ0v) is 45.3. The molecule has 76 heavy (non-hydrogen) atoms. The molecule has 7 fully saturated rings. The van der Waals surface area contributed by atoms with Crippen LogP contribution in [-0.2, 0) is 47.5 Å². The lowest BCUT2D eigenvalue weighted by atomic mass is 9.47. The van der Waals surface area contributed by atoms with Gasteiger partial charge < -0.3 is 103 Å². The number of hydrogen-bond donors (Lipinski definition) is 12. The van der Waals surface area contributed by atoms with E-state index in [2.05, 4.69) is 40.7 Å². The Morgan fingerprint density at radius 1 is 0.671 bits per heavy atom. The highest BCUT2D eigenvalue weighted by molar-refractivity contribution is 5.77. The molecule has 4 saturated carbocycles. The molecule has 22 heteroatoms. The van der Waals surface area contributed by atoms with Gasteiger partial charge in [-0.05, 0) is 97.7 Å². The van der Waals surface area contributed by atoms with E-state index in [0.717, 1.165) is 42.9 Å². The van der Waals surface area contributed by atoms with Crippen LogP contribution >= 0.6 is 0 Å². The zero-order chi connectivity index (χ0) is 55.1. The molecule has 3 heterocycles. The summed E-state index contributed by atoms with van der Waals surface area (Å²) in [6.45, 7) is 11.2. The van der Waals surface area contributed by atoms with E-state index in [9.17, 15) is 40.2 Å². The highest BCUT2D eigenvalue weighted by atomic mass is 16.8. The molecule has 3 saturated heterocycles. The third kappa shape index (κ3) is 12.3. The average Bonchev–Trinajstić information content (AvgIpc) is 3.94. The molecule has 0 amide bonds. The van der Waals surface area contributed by atoms with E-state index in [4.69, 9.17) is 72.3 Å². The van der Waals surface area contributed by atoms with Gasteiger partial charge in [0.15, 0.2) is 18.9 Å². The molecule has 0 aromatic carbocycles. The number of esters is 2. The molecule has 0 aromatic heterocycles. The summed E-state index contributed by atoms with van der Waals surface area (Å²) in [7, 11) is 0. The Labute approximate surface area is 447 Å². The second kappa shape index (κ2) is 25.0. The van der Waals surface area contributed by atoms with Crippen LogP contribution in [0.2, 0.25) is 0 Å². The van der Waals surface area contributed by atoms with Gasteiger partial charge in [0.25, 0.3) is 0 Å². The van der Waals surface area contributed by atoms with Gasteiger partial charge in [0.2, 0.25) is 0 Å². The number of fused-ring (bicyclic) bond motifs is 5. The van der Waals surface area contributed by atoms with E-state index in [1.807, 2.05) is 0 Å². The maximum atomic E-state index is 13.4. The minimum atomic E-state index is -1.74. The van der Waals surface area contributed by atoms with Crippen molar-refractivity contribution in [1.29, 1.82) is 0 Å². The smallest absolute Gasteiger partial charge is 0.306 e. The van der Waals surface area contributed by atoms with Crippen LogP contribution in [0.1, 0.15) is 125 Å². The van der Waals surface area contributed by atoms with Gasteiger partial charge in [-0.15, -0.1) is 0 Å². The highest BCUT2D eigenvalue weighted by Gasteiger charge is 2.60. The number of allylic oxidation sites excluding steroid dienone is 1. The van der Waals surface area contributed by atoms with E-state index >= 15 is 0 Å². The third-order valence-electron chi connectivity index (χ3n) is 19.7. The lowest BCUT2D eigenvalue weighted by molar-refractivity contribution is -0.307. The lowest BCUT2D eigenvalue weighted by Gasteiger charge is -2.58. The summed E-state index contributed by atoms with van der Waals surface area (Å²) in [5, 5.41) is 65.6. The van der Waals surface area contributed by atoms with Crippen molar-refractivity contribution in [3.63, 3.8) is 0 Å². The molecule has 8 aliphatic rings. The minimum absolute atomic E-state index is 0.0380. The van der Waals surface area contributed by atoms with Gasteiger partial charge in [-0.25, -0.2) is 0 Å². The van der Waals surface area contributed by atoms with Crippen molar-refractivity contribution >= 4 is 11.9 Å². The quantitative estimate of drug-likeness (QED) is 0.0567. The number of ether oxygens (including phenoxy) is 8. The minimum Gasteiger partial charge on any atom is -0.463 e. The Morgan fingerprint density at radius 2 is 1.28 bits per heavy atom. The van der Waals surface area contributed by atoms with Crippen LogP contribution in [0.4, 0.5) is 0 Å². The molecular formula is C54H94N6O16. The van der Waals surface area contributed by atoms with E-state index in [1.54, 1.807) is 0 Å². The van der Waals surface area contributed by atoms with Gasteiger partial charge in [-0.2, -0.15) is 0 Å². The van der Waals surface area contributed by atoms with Crippen molar-refractivity contribution in [2.45, 2.75) is 247 Å². The van der Waals surface area contributed by atoms with Crippen molar-refractivity contribution in [1.82, 2.24) is 0 Å². The fourth-order valence-corrected chi connectivity index (χ4v) is 15.2. The number of aliphatic hydroxyl groups is 6. The molecule has 12 unspecified atom stereocenters. The van der Waals surface area contributed by atoms with Crippen LogP contribution in [-0.4, -0.2) is 185 Å². The van der Waals surface area contributed by atoms with Gasteiger partial charge in [0.1, 0.15) is 79.9 Å². The van der Waals surface area contributed by atoms with E-state index in [1.165, 1.54) is 50.5 Å². The fourth-order valence-electron chi connectivity index (χ4n) is 15.2. The van der Waals surface area contributed by atoms with E-state index in [-0.39, 0.29) is 43.9 Å². The van der Waals surface area contributed by atoms with Crippen molar-refractivity contribution in [3.8, 4) is 0 Å². The Kier molecular flexibility index (Phi) is 19.7. The summed E-state index contributed by atoms with van der Waals surface area (Å²) in [5.41, 5.74) is 38.7. The second-order valence-corrected chi connectivity index (χ2v) is 24.9. The van der Waals surface area contributed by atoms with Crippen molar-refractivity contribution in [2.24, 2.45) is 80.7 Å². The predicted octanol–water partition coefficient (Wildman–Crippen LogP) is -0.611. The molecule has 5 aliphatic carbocycles. The number of carbonyl (C=O) groups is 2. The maximum absolute atomic E-state index is 13.4. The molecule has 27 atom stereocenters. The summed E-state index contributed by atoms with van der Waals surface area (Å²) in [6.07, 6.45) is -7.03. The zero-order valence-electron chi connectivity index (χ0n) is 45.3. The molecule has 8 rings (SSSR count). The van der Waals surface area contributed by atoms with Gasteiger partial charge in [0, 0.05) is 31.6 Å². The Hall–Kier alpha value is -2.04. The topological polar surface area (TPSA) is 385 Å². The number of nitrogens with two attached hydrogens (primary N) is 6. The number of rotatable bonds is 19. The highest BCUT2D eigenvalue weighted by Crippen LogP contribution is 2.67. The first-order valence-corrected chi connectivity index (χ1v) is 28.5. The normalized spacial score (nSPS) is 47.8. The van der Waals surface area contributed by atoms with Crippen LogP contribution in [0.25, 0.3) is 0 Å². The second-order valence-electron chi connectivity index (χ2n) is 24.9. The van der Waals surface area contributed by atoms with Crippen molar-refractivity contribution in [2.75, 3.05) is 19.7 Å². The van der Waals surface area contributed by atoms with Crippen molar-refractivity contribution in [3.05, 3.63) is 11.6 Å². The standard InChI is InChI=1S/C54H94N6O16/c1-24(2)7-6-8-25(3)29-11-12-30-28-10-9-26-19-27(15-17-53(26,4)31(28)16-18-54(29,30)5)70-38(62)14-13-37(61)69-23-36-48(75-51-40(60)45(67)43(65)35(22-56)72-51)46(68)52(73-36)76-49-41(63)32(57)20-33(58)47(49)74-50-39(59)44(66)42(64)34(21-55)71-50/h9,24-25,27-36,39-52,63-68H,6-8,10-23,55-60H2,1-5H3/t25-,27?,28?,29?,30?,31?,32-,33?,34?,35?,36-,39?,40-,41?,42-,43-,44-,45?,46?,47-,48+,49-,50-,51-,52+,53+,54-/m1/s1. The van der Waals surface area contributed by atoms with Crippen LogP contribution in [0.5, 0.6) is 0 Å². The number of aliphatic hydroxyl groups excluding tert-OH is 6. The largest absolute Gasteiger partial charge is 0.463 e. The number of carbonyl (C=O) groups excluding carboxylic acids is 2. The molecule has 436 valence electrons. The van der Waals surface area contributed by atoms with Gasteiger partial charge in [-0.3, -0.25) is 9.59 Å². The SMILES string of the molecule is CC(C)CCC[C@@H](C)C1CCC2C3CC=C4CC(OC(=O)CCC(=O)OC[C@H]5O[C@@H](O[C@@H]6C(O)[C@H](N)CC(N)[C@H]6O[C@H]6OC(CN)[C@@H](O)[C@H](O)C6N)C(O)[C@H]5O[C@H]5OC(CN)[C@@H](O)C(O)[C@H]5N)CC[C@]4(C)C3CC[C@@]21C. The van der Waals surface area contributed by atoms with E-state index < -0.39 is 135 Å².